The summed E-state index contributed by atoms with van der Waals surface area (Å²) < 4.78 is 14.0. The van der Waals surface area contributed by atoms with Crippen molar-refractivity contribution in [3.05, 3.63) is 34.1 Å². The average molecular weight is 499 g/mol. The Morgan fingerprint density at radius 1 is 1.26 bits per heavy atom. The van der Waals surface area contributed by atoms with Crippen LogP contribution < -0.4 is 10.6 Å². The van der Waals surface area contributed by atoms with E-state index in [-0.39, 0.29) is 29.8 Å². The van der Waals surface area contributed by atoms with E-state index in [0.717, 1.165) is 24.6 Å². The second-order valence-electron chi connectivity index (χ2n) is 5.50. The first-order chi connectivity index (χ1) is 10.7. The fourth-order valence-electron chi connectivity index (χ4n) is 2.57. The van der Waals surface area contributed by atoms with E-state index in [0.29, 0.717) is 11.0 Å². The molecule has 0 aliphatic carbocycles. The Bertz CT molecular complexity index is 507. The fraction of sp³-hybridized carbons (Fsp3) is 0.562. The summed E-state index contributed by atoms with van der Waals surface area (Å²) in [5.74, 6) is 0.507. The molecule has 2 rings (SSSR count). The normalized spacial score (nSPS) is 15.9. The zero-order valence-corrected chi connectivity index (χ0v) is 17.4. The van der Waals surface area contributed by atoms with E-state index in [1.54, 1.807) is 13.1 Å². The highest BCUT2D eigenvalue weighted by molar-refractivity contribution is 14.0. The van der Waals surface area contributed by atoms with Crippen LogP contribution in [0.2, 0.25) is 0 Å². The lowest BCUT2D eigenvalue weighted by molar-refractivity contribution is 0.232. The number of guanidine groups is 1. The molecule has 1 aromatic rings. The van der Waals surface area contributed by atoms with Gasteiger partial charge in [-0.15, -0.1) is 24.0 Å². The van der Waals surface area contributed by atoms with Crippen LogP contribution in [0.3, 0.4) is 0 Å². The SMILES string of the molecule is CN=C(NCCN1CCCCC1)NCc1ccc(Br)c(F)c1.I. The van der Waals surface area contributed by atoms with Gasteiger partial charge in [-0.2, -0.15) is 0 Å². The lowest BCUT2D eigenvalue weighted by atomic mass is 10.1. The summed E-state index contributed by atoms with van der Waals surface area (Å²) in [6.45, 7) is 4.85. The molecule has 4 nitrogen and oxygen atoms in total. The molecular formula is C16H25BrFIN4. The number of nitrogens with one attached hydrogen (secondary N) is 2. The molecule has 0 amide bonds. The monoisotopic (exact) mass is 498 g/mol. The van der Waals surface area contributed by atoms with Crippen LogP contribution in [0.15, 0.2) is 27.7 Å². The summed E-state index contributed by atoms with van der Waals surface area (Å²) in [5.41, 5.74) is 0.889. The largest absolute Gasteiger partial charge is 0.355 e. The van der Waals surface area contributed by atoms with Gasteiger partial charge < -0.3 is 15.5 Å². The summed E-state index contributed by atoms with van der Waals surface area (Å²) in [6, 6.07) is 5.14. The molecule has 0 bridgehead atoms. The van der Waals surface area contributed by atoms with Crippen LogP contribution in [0, 0.1) is 5.82 Å². The van der Waals surface area contributed by atoms with Gasteiger partial charge in [-0.1, -0.05) is 12.5 Å². The Labute approximate surface area is 163 Å². The summed E-state index contributed by atoms with van der Waals surface area (Å²) in [7, 11) is 1.75. The van der Waals surface area contributed by atoms with E-state index in [9.17, 15) is 4.39 Å². The van der Waals surface area contributed by atoms with Crippen LogP contribution in [0.25, 0.3) is 0 Å². The Morgan fingerprint density at radius 3 is 2.65 bits per heavy atom. The fourth-order valence-corrected chi connectivity index (χ4v) is 2.82. The van der Waals surface area contributed by atoms with Gasteiger partial charge in [0.25, 0.3) is 0 Å². The molecule has 2 N–H and O–H groups in total. The van der Waals surface area contributed by atoms with Crippen LogP contribution in [0.1, 0.15) is 24.8 Å². The molecule has 0 aromatic heterocycles. The van der Waals surface area contributed by atoms with Crippen LogP contribution in [0.5, 0.6) is 0 Å². The van der Waals surface area contributed by atoms with Crippen molar-refractivity contribution in [1.82, 2.24) is 15.5 Å². The second kappa shape index (κ2) is 11.2. The predicted octanol–water partition coefficient (Wildman–Crippen LogP) is 3.36. The van der Waals surface area contributed by atoms with Gasteiger partial charge in [0.05, 0.1) is 4.47 Å². The van der Waals surface area contributed by atoms with E-state index in [2.05, 4.69) is 36.5 Å². The highest BCUT2D eigenvalue weighted by atomic mass is 127. The molecule has 0 unspecified atom stereocenters. The van der Waals surface area contributed by atoms with Gasteiger partial charge in [-0.3, -0.25) is 4.99 Å². The minimum absolute atomic E-state index is 0. The smallest absolute Gasteiger partial charge is 0.191 e. The van der Waals surface area contributed by atoms with Gasteiger partial charge in [-0.05, 0) is 59.6 Å². The summed E-state index contributed by atoms with van der Waals surface area (Å²) in [6.07, 6.45) is 3.97. The molecule has 1 heterocycles. The molecule has 1 saturated heterocycles. The minimum atomic E-state index is -0.243. The quantitative estimate of drug-likeness (QED) is 0.371. The van der Waals surface area contributed by atoms with Crippen molar-refractivity contribution < 1.29 is 4.39 Å². The Balaban J connectivity index is 0.00000264. The van der Waals surface area contributed by atoms with Crippen molar-refractivity contribution in [2.45, 2.75) is 25.8 Å². The second-order valence-corrected chi connectivity index (χ2v) is 6.36. The molecule has 1 aliphatic rings. The molecule has 1 aromatic carbocycles. The number of likely N-dealkylation sites (tertiary alicyclic amines) is 1. The molecular weight excluding hydrogens is 474 g/mol. The third-order valence-corrected chi connectivity index (χ3v) is 4.48. The number of piperidine rings is 1. The van der Waals surface area contributed by atoms with Crippen molar-refractivity contribution in [2.24, 2.45) is 4.99 Å². The molecule has 0 saturated carbocycles. The third kappa shape index (κ3) is 7.34. The van der Waals surface area contributed by atoms with Crippen molar-refractivity contribution in [3.8, 4) is 0 Å². The molecule has 0 radical (unpaired) electrons. The predicted molar refractivity (Wildman–Crippen MR) is 108 cm³/mol. The maximum Gasteiger partial charge on any atom is 0.191 e. The first kappa shape index (κ1) is 20.6. The maximum absolute atomic E-state index is 13.5. The minimum Gasteiger partial charge on any atom is -0.355 e. The van der Waals surface area contributed by atoms with Crippen LogP contribution >= 0.6 is 39.9 Å². The first-order valence-corrected chi connectivity index (χ1v) is 8.59. The molecule has 23 heavy (non-hydrogen) atoms. The van der Waals surface area contributed by atoms with E-state index < -0.39 is 0 Å². The molecule has 130 valence electrons. The zero-order chi connectivity index (χ0) is 15.8. The molecule has 1 aliphatic heterocycles. The lowest BCUT2D eigenvalue weighted by Crippen LogP contribution is -2.42. The number of benzene rings is 1. The lowest BCUT2D eigenvalue weighted by Gasteiger charge is -2.26. The number of nitrogens with zero attached hydrogens (tertiary/aromatic N) is 2. The zero-order valence-electron chi connectivity index (χ0n) is 13.4. The van der Waals surface area contributed by atoms with Gasteiger partial charge in [0.1, 0.15) is 5.82 Å². The van der Waals surface area contributed by atoms with Crippen molar-refractivity contribution in [2.75, 3.05) is 33.2 Å². The Kier molecular flexibility index (Phi) is 10.0. The van der Waals surface area contributed by atoms with E-state index in [1.807, 2.05) is 6.07 Å². The summed E-state index contributed by atoms with van der Waals surface area (Å²) in [4.78, 5) is 6.68. The van der Waals surface area contributed by atoms with Gasteiger partial charge in [0, 0.05) is 26.7 Å². The van der Waals surface area contributed by atoms with Crippen LogP contribution in [-0.4, -0.2) is 44.1 Å². The van der Waals surface area contributed by atoms with E-state index >= 15 is 0 Å². The highest BCUT2D eigenvalue weighted by Gasteiger charge is 2.09. The van der Waals surface area contributed by atoms with Crippen molar-refractivity contribution in [3.63, 3.8) is 0 Å². The Morgan fingerprint density at radius 2 is 2.00 bits per heavy atom. The van der Waals surface area contributed by atoms with Gasteiger partial charge in [-0.25, -0.2) is 4.39 Å². The highest BCUT2D eigenvalue weighted by Crippen LogP contribution is 2.16. The number of aliphatic imine (C=N–C) groups is 1. The molecule has 1 fully saturated rings. The molecule has 7 heteroatoms. The van der Waals surface area contributed by atoms with Crippen LogP contribution in [-0.2, 0) is 6.54 Å². The first-order valence-electron chi connectivity index (χ1n) is 7.80. The van der Waals surface area contributed by atoms with E-state index in [4.69, 9.17) is 0 Å². The molecule has 0 atom stereocenters. The van der Waals surface area contributed by atoms with E-state index in [1.165, 1.54) is 38.4 Å². The maximum atomic E-state index is 13.5. The number of rotatable bonds is 5. The number of hydrogen-bond acceptors (Lipinski definition) is 2. The number of hydrogen-bond donors (Lipinski definition) is 2. The average Bonchev–Trinajstić information content (AvgIpc) is 2.55. The topological polar surface area (TPSA) is 39.7 Å². The number of halogens is 3. The standard InChI is InChI=1S/C16H24BrFN4.HI/c1-19-16(20-7-10-22-8-3-2-4-9-22)21-12-13-5-6-14(17)15(18)11-13;/h5-6,11H,2-4,7-10,12H2,1H3,(H2,19,20,21);1H. The van der Waals surface area contributed by atoms with Gasteiger partial charge in [0.2, 0.25) is 0 Å². The molecule has 0 spiro atoms. The van der Waals surface area contributed by atoms with Crippen LogP contribution in [0.4, 0.5) is 4.39 Å². The van der Waals surface area contributed by atoms with Crippen molar-refractivity contribution in [1.29, 1.82) is 0 Å². The third-order valence-electron chi connectivity index (χ3n) is 3.84. The summed E-state index contributed by atoms with van der Waals surface area (Å²) >= 11 is 3.16. The van der Waals surface area contributed by atoms with Gasteiger partial charge >= 0.3 is 0 Å². The van der Waals surface area contributed by atoms with Crippen molar-refractivity contribution >= 4 is 45.9 Å². The Hall–Kier alpha value is -0.410. The van der Waals surface area contributed by atoms with Gasteiger partial charge in [0.15, 0.2) is 5.96 Å². The summed E-state index contributed by atoms with van der Waals surface area (Å²) in [5, 5.41) is 6.52.